The van der Waals surface area contributed by atoms with E-state index in [4.69, 9.17) is 9.47 Å². The average molecular weight is 346 g/mol. The SMILES string of the molecule is CCOC(=O)C(CC(C)C)B(C)C(=O)B(C)c1cccc(OC)c1O. The topological polar surface area (TPSA) is 72.8 Å². The van der Waals surface area contributed by atoms with E-state index >= 15 is 0 Å². The highest BCUT2D eigenvalue weighted by Crippen LogP contribution is 2.26. The van der Waals surface area contributed by atoms with Gasteiger partial charge in [0.05, 0.1) is 19.3 Å². The minimum absolute atomic E-state index is 0.0328. The fraction of sp³-hybridized carbons (Fsp3) is 0.556. The predicted octanol–water partition coefficient (Wildman–Crippen LogP) is 3.12. The van der Waals surface area contributed by atoms with Crippen molar-refractivity contribution in [1.29, 1.82) is 0 Å². The van der Waals surface area contributed by atoms with Crippen molar-refractivity contribution in [3.8, 4) is 11.5 Å². The van der Waals surface area contributed by atoms with Gasteiger partial charge < -0.3 is 19.4 Å². The van der Waals surface area contributed by atoms with E-state index in [1.165, 1.54) is 7.11 Å². The first-order chi connectivity index (χ1) is 11.7. The van der Waals surface area contributed by atoms with Crippen molar-refractivity contribution in [2.45, 2.75) is 46.7 Å². The maximum atomic E-state index is 13.0. The molecule has 0 saturated carbocycles. The van der Waals surface area contributed by atoms with E-state index in [1.54, 1.807) is 38.8 Å². The second-order valence-corrected chi connectivity index (χ2v) is 6.80. The molecule has 0 aliphatic heterocycles. The molecule has 1 aromatic rings. The first-order valence-electron chi connectivity index (χ1n) is 8.80. The number of hydrogen-bond donors (Lipinski definition) is 1. The van der Waals surface area contributed by atoms with Gasteiger partial charge in [-0.2, -0.15) is 0 Å². The van der Waals surface area contributed by atoms with Crippen LogP contribution < -0.4 is 10.2 Å². The molecular formula is C18H28B2O5. The highest BCUT2D eigenvalue weighted by atomic mass is 16.5. The number of rotatable bonds is 9. The van der Waals surface area contributed by atoms with Gasteiger partial charge in [-0.3, -0.25) is 4.79 Å². The van der Waals surface area contributed by atoms with Crippen LogP contribution in [0.3, 0.4) is 0 Å². The number of phenols is 1. The Balaban J connectivity index is 3.07. The number of methoxy groups -OCH3 is 1. The Morgan fingerprint density at radius 1 is 1.24 bits per heavy atom. The lowest BCUT2D eigenvalue weighted by molar-refractivity contribution is -0.143. The van der Waals surface area contributed by atoms with E-state index in [0.717, 1.165) is 0 Å². The lowest BCUT2D eigenvalue weighted by Crippen LogP contribution is -2.46. The minimum atomic E-state index is -0.547. The molecule has 0 saturated heterocycles. The Kier molecular flexibility index (Phi) is 8.07. The van der Waals surface area contributed by atoms with Crippen molar-refractivity contribution in [1.82, 2.24) is 0 Å². The zero-order valence-electron chi connectivity index (χ0n) is 16.0. The summed E-state index contributed by atoms with van der Waals surface area (Å²) in [4.78, 5) is 25.3. The standard InChI is InChI=1S/C18H28B2O5/c1-7-25-17(22)14(11-12(2)3)20(5)18(23)19(4)13-9-8-10-15(24-6)16(13)21/h8-10,12,14,21H,7,11H2,1-6H3. The summed E-state index contributed by atoms with van der Waals surface area (Å²) < 4.78 is 10.3. The first-order valence-corrected chi connectivity index (χ1v) is 8.80. The van der Waals surface area contributed by atoms with Gasteiger partial charge >= 0.3 is 5.97 Å². The molecule has 0 radical (unpaired) electrons. The lowest BCUT2D eigenvalue weighted by atomic mass is 9.23. The van der Waals surface area contributed by atoms with E-state index in [-0.39, 0.29) is 23.2 Å². The summed E-state index contributed by atoms with van der Waals surface area (Å²) in [6.45, 7) is 8.54. The van der Waals surface area contributed by atoms with Crippen molar-refractivity contribution in [3.63, 3.8) is 0 Å². The number of para-hydroxylation sites is 1. The average Bonchev–Trinajstić information content (AvgIpc) is 2.58. The van der Waals surface area contributed by atoms with E-state index < -0.39 is 19.2 Å². The summed E-state index contributed by atoms with van der Waals surface area (Å²) in [6, 6.07) is 5.08. The predicted molar refractivity (Wildman–Crippen MR) is 103 cm³/mol. The molecule has 1 unspecified atom stereocenters. The van der Waals surface area contributed by atoms with Crippen LogP contribution in [0.25, 0.3) is 0 Å². The van der Waals surface area contributed by atoms with Gasteiger partial charge in [-0.15, -0.1) is 0 Å². The number of carbonyl (C=O) groups is 2. The maximum absolute atomic E-state index is 13.0. The normalized spacial score (nSPS) is 11.8. The van der Waals surface area contributed by atoms with Gasteiger partial charge in [0.1, 0.15) is 0 Å². The molecule has 1 aromatic carbocycles. The van der Waals surface area contributed by atoms with Gasteiger partial charge in [-0.25, -0.2) is 0 Å². The Morgan fingerprint density at radius 3 is 2.40 bits per heavy atom. The first kappa shape index (κ1) is 21.1. The van der Waals surface area contributed by atoms with Crippen LogP contribution in [0.5, 0.6) is 11.5 Å². The monoisotopic (exact) mass is 346 g/mol. The molecule has 5 nitrogen and oxygen atoms in total. The zero-order chi connectivity index (χ0) is 19.1. The molecule has 1 rings (SSSR count). The molecular weight excluding hydrogens is 318 g/mol. The van der Waals surface area contributed by atoms with Crippen molar-refractivity contribution in [2.75, 3.05) is 13.7 Å². The van der Waals surface area contributed by atoms with Crippen molar-refractivity contribution in [3.05, 3.63) is 18.2 Å². The molecule has 136 valence electrons. The molecule has 0 amide bonds. The van der Waals surface area contributed by atoms with E-state index in [1.807, 2.05) is 13.8 Å². The summed E-state index contributed by atoms with van der Waals surface area (Å²) in [7, 11) is 1.47. The van der Waals surface area contributed by atoms with Gasteiger partial charge in [0.2, 0.25) is 13.4 Å². The van der Waals surface area contributed by atoms with Crippen LogP contribution in [-0.4, -0.2) is 43.8 Å². The molecule has 7 heteroatoms. The zero-order valence-corrected chi connectivity index (χ0v) is 16.0. The summed E-state index contributed by atoms with van der Waals surface area (Å²) in [5, 5.41) is 10.3. The molecule has 25 heavy (non-hydrogen) atoms. The third-order valence-corrected chi connectivity index (χ3v) is 4.51. The number of benzene rings is 1. The summed E-state index contributed by atoms with van der Waals surface area (Å²) in [6.07, 6.45) is 0.586. The van der Waals surface area contributed by atoms with E-state index in [2.05, 4.69) is 0 Å². The number of carbonyl (C=O) groups excluding carboxylic acids is 2. The molecule has 1 N–H and O–H groups in total. The molecule has 0 spiro atoms. The molecule has 0 heterocycles. The number of hydrogen-bond acceptors (Lipinski definition) is 5. The Bertz CT molecular complexity index is 603. The van der Waals surface area contributed by atoms with Crippen LogP contribution in [0.15, 0.2) is 18.2 Å². The van der Waals surface area contributed by atoms with Crippen molar-refractivity contribution < 1.29 is 24.2 Å². The van der Waals surface area contributed by atoms with Crippen LogP contribution in [0.4, 0.5) is 4.79 Å². The molecule has 0 fully saturated rings. The van der Waals surface area contributed by atoms with Crippen LogP contribution in [-0.2, 0) is 9.53 Å². The minimum Gasteiger partial charge on any atom is -0.505 e. The summed E-state index contributed by atoms with van der Waals surface area (Å²) in [5.41, 5.74) is 0.408. The second-order valence-electron chi connectivity index (χ2n) is 6.80. The third-order valence-electron chi connectivity index (χ3n) is 4.51. The van der Waals surface area contributed by atoms with Crippen molar-refractivity contribution in [2.24, 2.45) is 5.92 Å². The number of phenolic OH excluding ortho intramolecular Hbond substituents is 1. The van der Waals surface area contributed by atoms with Gasteiger partial charge in [0.25, 0.3) is 0 Å². The molecule has 1 atom stereocenters. The van der Waals surface area contributed by atoms with Crippen molar-refractivity contribution >= 4 is 30.4 Å². The lowest BCUT2D eigenvalue weighted by Gasteiger charge is -2.23. The highest BCUT2D eigenvalue weighted by molar-refractivity contribution is 7.23. The Labute approximate surface area is 151 Å². The van der Waals surface area contributed by atoms with E-state index in [9.17, 15) is 14.7 Å². The third kappa shape index (κ3) is 5.28. The van der Waals surface area contributed by atoms with Crippen LogP contribution in [0.2, 0.25) is 19.5 Å². The second kappa shape index (κ2) is 9.54. The van der Waals surface area contributed by atoms with Crippen LogP contribution in [0, 0.1) is 5.92 Å². The largest absolute Gasteiger partial charge is 0.505 e. The van der Waals surface area contributed by atoms with Crippen LogP contribution in [0.1, 0.15) is 27.2 Å². The summed E-state index contributed by atoms with van der Waals surface area (Å²) in [5.74, 6) is -0.254. The summed E-state index contributed by atoms with van der Waals surface area (Å²) >= 11 is 0. The number of aromatic hydroxyl groups is 1. The highest BCUT2D eigenvalue weighted by Gasteiger charge is 2.39. The molecule has 0 bridgehead atoms. The quantitative estimate of drug-likeness (QED) is 0.549. The number of ether oxygens (including phenoxy) is 2. The molecule has 0 aliphatic rings. The fourth-order valence-electron chi connectivity index (χ4n) is 3.06. The van der Waals surface area contributed by atoms with Gasteiger partial charge in [0, 0.05) is 5.82 Å². The van der Waals surface area contributed by atoms with E-state index in [0.29, 0.717) is 24.2 Å². The van der Waals surface area contributed by atoms with Gasteiger partial charge in [0.15, 0.2) is 11.5 Å². The smallest absolute Gasteiger partial charge is 0.302 e. The fourth-order valence-corrected chi connectivity index (χ4v) is 3.06. The molecule has 0 aromatic heterocycles. The molecule has 0 aliphatic carbocycles. The Morgan fingerprint density at radius 2 is 1.88 bits per heavy atom. The van der Waals surface area contributed by atoms with Gasteiger partial charge in [-0.05, 0) is 30.8 Å². The van der Waals surface area contributed by atoms with Crippen LogP contribution >= 0.6 is 0 Å². The maximum Gasteiger partial charge on any atom is 0.302 e. The Hall–Kier alpha value is -1.91. The number of esters is 1. The van der Waals surface area contributed by atoms with Gasteiger partial charge in [-0.1, -0.05) is 39.6 Å².